The van der Waals surface area contributed by atoms with Gasteiger partial charge in [-0.05, 0) is 18.2 Å². The highest BCUT2D eigenvalue weighted by Crippen LogP contribution is 2.22. The normalized spacial score (nSPS) is 9.63. The number of nitrogens with one attached hydrogen (secondary N) is 2. The Kier molecular flexibility index (Phi) is 5.95. The van der Waals surface area contributed by atoms with Gasteiger partial charge in [0.1, 0.15) is 5.75 Å². The number of carbonyl (C=O) groups is 2. The van der Waals surface area contributed by atoms with Crippen LogP contribution in [0.1, 0.15) is 10.4 Å². The molecule has 1 aromatic rings. The molecule has 0 fully saturated rings. The standard InChI is InChI=1S/C12H15ClN2O4/c1-18-10-4-3-8(13)7-9(10)11(16)14-5-6-15-12(17)19-2/h3-4,7H,5-6H2,1-2H3,(H,14,16)(H,15,17). The van der Waals surface area contributed by atoms with Gasteiger partial charge < -0.3 is 20.1 Å². The molecule has 1 aromatic carbocycles. The minimum absolute atomic E-state index is 0.265. The highest BCUT2D eigenvalue weighted by molar-refractivity contribution is 6.31. The van der Waals surface area contributed by atoms with Crippen molar-refractivity contribution >= 4 is 23.6 Å². The number of carbonyl (C=O) groups excluding carboxylic acids is 2. The summed E-state index contributed by atoms with van der Waals surface area (Å²) in [5.41, 5.74) is 0.341. The van der Waals surface area contributed by atoms with Crippen LogP contribution in [-0.2, 0) is 4.74 Å². The van der Waals surface area contributed by atoms with Gasteiger partial charge in [0.05, 0.1) is 19.8 Å². The second-order valence-electron chi connectivity index (χ2n) is 3.52. The third kappa shape index (κ3) is 4.67. The van der Waals surface area contributed by atoms with Crippen LogP contribution in [-0.4, -0.2) is 39.3 Å². The molecule has 1 rings (SSSR count). The third-order valence-corrected chi connectivity index (χ3v) is 2.51. The maximum Gasteiger partial charge on any atom is 0.406 e. The highest BCUT2D eigenvalue weighted by Gasteiger charge is 2.12. The van der Waals surface area contributed by atoms with Crippen LogP contribution >= 0.6 is 11.6 Å². The number of hydrogen-bond donors (Lipinski definition) is 2. The SMILES string of the molecule is COC(=O)NCCNC(=O)c1cc(Cl)ccc1OC. The summed E-state index contributed by atoms with van der Waals surface area (Å²) in [6.07, 6.45) is -0.547. The topological polar surface area (TPSA) is 76.7 Å². The number of methoxy groups -OCH3 is 2. The summed E-state index contributed by atoms with van der Waals surface area (Å²) in [4.78, 5) is 22.7. The lowest BCUT2D eigenvalue weighted by Gasteiger charge is -2.10. The maximum atomic E-state index is 11.9. The molecule has 0 aliphatic carbocycles. The smallest absolute Gasteiger partial charge is 0.406 e. The van der Waals surface area contributed by atoms with Gasteiger partial charge in [0, 0.05) is 18.1 Å². The number of hydrogen-bond acceptors (Lipinski definition) is 4. The molecule has 0 saturated heterocycles. The molecule has 0 atom stereocenters. The molecule has 0 aliphatic heterocycles. The van der Waals surface area contributed by atoms with E-state index in [0.29, 0.717) is 16.3 Å². The summed E-state index contributed by atoms with van der Waals surface area (Å²) in [7, 11) is 2.74. The van der Waals surface area contributed by atoms with Crippen molar-refractivity contribution in [2.24, 2.45) is 0 Å². The van der Waals surface area contributed by atoms with Crippen molar-refractivity contribution in [2.75, 3.05) is 27.3 Å². The van der Waals surface area contributed by atoms with Gasteiger partial charge in [-0.2, -0.15) is 0 Å². The van der Waals surface area contributed by atoms with Crippen molar-refractivity contribution in [3.05, 3.63) is 28.8 Å². The van der Waals surface area contributed by atoms with Crippen LogP contribution in [0.25, 0.3) is 0 Å². The summed E-state index contributed by atoms with van der Waals surface area (Å²) in [5, 5.41) is 5.52. The summed E-state index contributed by atoms with van der Waals surface area (Å²) >= 11 is 5.83. The van der Waals surface area contributed by atoms with E-state index in [2.05, 4.69) is 15.4 Å². The lowest BCUT2D eigenvalue weighted by atomic mass is 10.2. The first-order valence-corrected chi connectivity index (χ1v) is 5.90. The number of halogens is 1. The van der Waals surface area contributed by atoms with Crippen molar-refractivity contribution in [3.8, 4) is 5.75 Å². The molecule has 0 aliphatic rings. The molecule has 0 aromatic heterocycles. The number of benzene rings is 1. The lowest BCUT2D eigenvalue weighted by molar-refractivity contribution is 0.0950. The van der Waals surface area contributed by atoms with Crippen LogP contribution in [0, 0.1) is 0 Å². The van der Waals surface area contributed by atoms with Crippen LogP contribution in [0.3, 0.4) is 0 Å². The molecule has 104 valence electrons. The predicted octanol–water partition coefficient (Wildman–Crippen LogP) is 1.43. The maximum absolute atomic E-state index is 11.9. The number of rotatable bonds is 5. The molecule has 19 heavy (non-hydrogen) atoms. The summed E-state index contributed by atoms with van der Waals surface area (Å²) in [6.45, 7) is 0.533. The Morgan fingerprint density at radius 2 is 1.89 bits per heavy atom. The van der Waals surface area contributed by atoms with Crippen molar-refractivity contribution in [1.29, 1.82) is 0 Å². The second kappa shape index (κ2) is 7.48. The minimum Gasteiger partial charge on any atom is -0.496 e. The molecule has 6 nitrogen and oxygen atoms in total. The first kappa shape index (κ1) is 15.1. The van der Waals surface area contributed by atoms with Crippen molar-refractivity contribution < 1.29 is 19.1 Å². The highest BCUT2D eigenvalue weighted by atomic mass is 35.5. The summed E-state index contributed by atoms with van der Waals surface area (Å²) in [6, 6.07) is 4.77. The predicted molar refractivity (Wildman–Crippen MR) is 70.7 cm³/mol. The van der Waals surface area contributed by atoms with Gasteiger partial charge in [-0.15, -0.1) is 0 Å². The molecule has 0 radical (unpaired) electrons. The Bertz CT molecular complexity index is 465. The fourth-order valence-corrected chi connectivity index (χ4v) is 1.54. The summed E-state index contributed by atoms with van der Waals surface area (Å²) < 4.78 is 9.47. The Balaban J connectivity index is 2.54. The van der Waals surface area contributed by atoms with Crippen molar-refractivity contribution in [1.82, 2.24) is 10.6 Å². The number of ether oxygens (including phenoxy) is 2. The molecule has 2 amide bonds. The fraction of sp³-hybridized carbons (Fsp3) is 0.333. The summed E-state index contributed by atoms with van der Waals surface area (Å²) in [5.74, 6) is 0.105. The van der Waals surface area contributed by atoms with E-state index in [1.54, 1.807) is 12.1 Å². The molecule has 0 unspecified atom stereocenters. The van der Waals surface area contributed by atoms with Gasteiger partial charge in [0.25, 0.3) is 5.91 Å². The van der Waals surface area contributed by atoms with Crippen LogP contribution in [0.2, 0.25) is 5.02 Å². The average molecular weight is 287 g/mol. The number of amides is 2. The number of alkyl carbamates (subject to hydrolysis) is 1. The van der Waals surface area contributed by atoms with Crippen LogP contribution in [0.5, 0.6) is 5.75 Å². The quantitative estimate of drug-likeness (QED) is 0.803. The molecule has 0 bridgehead atoms. The van der Waals surface area contributed by atoms with E-state index in [9.17, 15) is 9.59 Å². The first-order valence-electron chi connectivity index (χ1n) is 5.52. The van der Waals surface area contributed by atoms with E-state index in [0.717, 1.165) is 0 Å². The van der Waals surface area contributed by atoms with Gasteiger partial charge >= 0.3 is 6.09 Å². The second-order valence-corrected chi connectivity index (χ2v) is 3.96. The molecular formula is C12H15ClN2O4. The largest absolute Gasteiger partial charge is 0.496 e. The Morgan fingerprint density at radius 1 is 1.21 bits per heavy atom. The molecule has 7 heteroatoms. The fourth-order valence-electron chi connectivity index (χ4n) is 1.37. The van der Waals surface area contributed by atoms with Gasteiger partial charge in [-0.3, -0.25) is 4.79 Å². The molecular weight excluding hydrogens is 272 g/mol. The van der Waals surface area contributed by atoms with Gasteiger partial charge in [-0.25, -0.2) is 4.79 Å². The van der Waals surface area contributed by atoms with E-state index >= 15 is 0 Å². The van der Waals surface area contributed by atoms with E-state index in [4.69, 9.17) is 16.3 Å². The zero-order valence-electron chi connectivity index (χ0n) is 10.7. The first-order chi connectivity index (χ1) is 9.08. The zero-order valence-corrected chi connectivity index (χ0v) is 11.4. The molecule has 0 heterocycles. The van der Waals surface area contributed by atoms with Crippen LogP contribution in [0.4, 0.5) is 4.79 Å². The van der Waals surface area contributed by atoms with Gasteiger partial charge in [-0.1, -0.05) is 11.6 Å². The Hall–Kier alpha value is -1.95. The van der Waals surface area contributed by atoms with Gasteiger partial charge in [0.15, 0.2) is 0 Å². The Labute approximate surface area is 116 Å². The Morgan fingerprint density at radius 3 is 2.53 bits per heavy atom. The van der Waals surface area contributed by atoms with Crippen LogP contribution in [0.15, 0.2) is 18.2 Å². The monoisotopic (exact) mass is 286 g/mol. The van der Waals surface area contributed by atoms with E-state index in [1.165, 1.54) is 20.3 Å². The van der Waals surface area contributed by atoms with Crippen molar-refractivity contribution in [3.63, 3.8) is 0 Å². The average Bonchev–Trinajstić information content (AvgIpc) is 2.42. The van der Waals surface area contributed by atoms with E-state index < -0.39 is 6.09 Å². The van der Waals surface area contributed by atoms with E-state index in [-0.39, 0.29) is 19.0 Å². The van der Waals surface area contributed by atoms with Crippen molar-refractivity contribution in [2.45, 2.75) is 0 Å². The van der Waals surface area contributed by atoms with Gasteiger partial charge in [0.2, 0.25) is 0 Å². The zero-order chi connectivity index (χ0) is 14.3. The molecule has 0 saturated carbocycles. The lowest BCUT2D eigenvalue weighted by Crippen LogP contribution is -2.34. The van der Waals surface area contributed by atoms with Crippen LogP contribution < -0.4 is 15.4 Å². The molecule has 0 spiro atoms. The molecule has 2 N–H and O–H groups in total. The third-order valence-electron chi connectivity index (χ3n) is 2.27. The minimum atomic E-state index is -0.547. The van der Waals surface area contributed by atoms with E-state index in [1.807, 2.05) is 0 Å².